The van der Waals surface area contributed by atoms with E-state index in [1.54, 1.807) is 6.92 Å². The molecule has 0 aromatic carbocycles. The van der Waals surface area contributed by atoms with E-state index in [-0.39, 0.29) is 5.82 Å². The van der Waals surface area contributed by atoms with Gasteiger partial charge in [0, 0.05) is 4.88 Å². The summed E-state index contributed by atoms with van der Waals surface area (Å²) in [7, 11) is 0. The Morgan fingerprint density at radius 2 is 2.33 bits per heavy atom. The molecule has 0 saturated carbocycles. The minimum Gasteiger partial charge on any atom is -0.205 e. The molecular weight excluding hydrogens is 135 g/mol. The molecule has 2 heteroatoms. The molecule has 0 amide bonds. The van der Waals surface area contributed by atoms with E-state index in [2.05, 4.69) is 0 Å². The summed E-state index contributed by atoms with van der Waals surface area (Å²) in [5, 5.41) is 1.86. The third kappa shape index (κ3) is 1.13. The fraction of sp³-hybridized carbons (Fsp3) is 0.429. The summed E-state index contributed by atoms with van der Waals surface area (Å²) in [6, 6.07) is 0. The fourth-order valence-corrected chi connectivity index (χ4v) is 1.58. The van der Waals surface area contributed by atoms with Crippen LogP contribution in [0.4, 0.5) is 4.39 Å². The normalized spacial score (nSPS) is 10.1. The van der Waals surface area contributed by atoms with Gasteiger partial charge in [0.05, 0.1) is 0 Å². The second-order valence-corrected chi connectivity index (χ2v) is 2.97. The molecule has 0 radical (unpaired) electrons. The first-order valence-corrected chi connectivity index (χ1v) is 3.86. The molecule has 1 aromatic heterocycles. The summed E-state index contributed by atoms with van der Waals surface area (Å²) in [5.41, 5.74) is 0.775. The first kappa shape index (κ1) is 6.75. The van der Waals surface area contributed by atoms with E-state index in [0.29, 0.717) is 0 Å². The van der Waals surface area contributed by atoms with Crippen LogP contribution in [0.25, 0.3) is 0 Å². The van der Waals surface area contributed by atoms with Gasteiger partial charge in [0.1, 0.15) is 5.82 Å². The summed E-state index contributed by atoms with van der Waals surface area (Å²) in [6.45, 7) is 3.76. The number of thiophene rings is 1. The third-order valence-electron chi connectivity index (χ3n) is 1.29. The van der Waals surface area contributed by atoms with E-state index in [0.717, 1.165) is 16.9 Å². The zero-order chi connectivity index (χ0) is 6.85. The van der Waals surface area contributed by atoms with E-state index in [9.17, 15) is 4.39 Å². The summed E-state index contributed by atoms with van der Waals surface area (Å²) >= 11 is 1.50. The summed E-state index contributed by atoms with van der Waals surface area (Å²) < 4.78 is 12.8. The van der Waals surface area contributed by atoms with Crippen molar-refractivity contribution in [2.75, 3.05) is 0 Å². The van der Waals surface area contributed by atoms with Crippen LogP contribution in [0.1, 0.15) is 17.4 Å². The van der Waals surface area contributed by atoms with Gasteiger partial charge in [-0.15, -0.1) is 11.3 Å². The van der Waals surface area contributed by atoms with Crippen molar-refractivity contribution in [1.82, 2.24) is 0 Å². The summed E-state index contributed by atoms with van der Waals surface area (Å²) in [5.74, 6) is -0.0116. The van der Waals surface area contributed by atoms with Gasteiger partial charge in [-0.2, -0.15) is 0 Å². The highest BCUT2D eigenvalue weighted by Crippen LogP contribution is 2.19. The van der Waals surface area contributed by atoms with Gasteiger partial charge in [-0.3, -0.25) is 0 Å². The van der Waals surface area contributed by atoms with Crippen LogP contribution < -0.4 is 0 Å². The maximum Gasteiger partial charge on any atom is 0.139 e. The van der Waals surface area contributed by atoms with E-state index in [1.807, 2.05) is 12.3 Å². The number of rotatable bonds is 1. The number of halogens is 1. The zero-order valence-electron chi connectivity index (χ0n) is 5.57. The number of hydrogen-bond donors (Lipinski definition) is 0. The number of hydrogen-bond acceptors (Lipinski definition) is 1. The van der Waals surface area contributed by atoms with Gasteiger partial charge in [-0.25, -0.2) is 4.39 Å². The Bertz CT molecular complexity index is 203. The first-order chi connectivity index (χ1) is 4.25. The smallest absolute Gasteiger partial charge is 0.139 e. The second-order valence-electron chi connectivity index (χ2n) is 2.01. The van der Waals surface area contributed by atoms with Gasteiger partial charge in [0.25, 0.3) is 0 Å². The molecule has 0 aliphatic carbocycles. The molecule has 0 aliphatic rings. The lowest BCUT2D eigenvalue weighted by atomic mass is 10.3. The predicted octanol–water partition coefficient (Wildman–Crippen LogP) is 2.76. The van der Waals surface area contributed by atoms with Crippen molar-refractivity contribution in [3.8, 4) is 0 Å². The Hall–Kier alpha value is -0.370. The molecule has 0 atom stereocenters. The summed E-state index contributed by atoms with van der Waals surface area (Å²) in [6.07, 6.45) is 0.810. The van der Waals surface area contributed by atoms with Gasteiger partial charge in [0.15, 0.2) is 0 Å². The molecule has 1 rings (SSSR count). The fourth-order valence-electron chi connectivity index (χ4n) is 0.721. The molecule has 0 saturated heterocycles. The van der Waals surface area contributed by atoms with Crippen LogP contribution in [-0.2, 0) is 6.42 Å². The molecule has 0 nitrogen and oxygen atoms in total. The molecule has 1 aromatic rings. The molecule has 0 aliphatic heterocycles. The predicted molar refractivity (Wildman–Crippen MR) is 38.4 cm³/mol. The van der Waals surface area contributed by atoms with Crippen molar-refractivity contribution in [2.45, 2.75) is 20.3 Å². The maximum absolute atomic E-state index is 12.8. The van der Waals surface area contributed by atoms with Crippen molar-refractivity contribution in [3.63, 3.8) is 0 Å². The van der Waals surface area contributed by atoms with Gasteiger partial charge in [0.2, 0.25) is 0 Å². The van der Waals surface area contributed by atoms with Gasteiger partial charge < -0.3 is 0 Å². The maximum atomic E-state index is 12.8. The van der Waals surface area contributed by atoms with Crippen molar-refractivity contribution in [3.05, 3.63) is 21.6 Å². The quantitative estimate of drug-likeness (QED) is 0.568. The highest BCUT2D eigenvalue weighted by Gasteiger charge is 2.03. The van der Waals surface area contributed by atoms with Crippen LogP contribution >= 0.6 is 11.3 Å². The molecule has 0 N–H and O–H groups in total. The lowest BCUT2D eigenvalue weighted by molar-refractivity contribution is 0.612. The topological polar surface area (TPSA) is 0 Å². The Kier molecular flexibility index (Phi) is 1.86. The summed E-state index contributed by atoms with van der Waals surface area (Å²) in [4.78, 5) is 0.868. The average Bonchev–Trinajstić information content (AvgIpc) is 2.15. The van der Waals surface area contributed by atoms with Crippen molar-refractivity contribution < 1.29 is 4.39 Å². The van der Waals surface area contributed by atoms with E-state index >= 15 is 0 Å². The average molecular weight is 144 g/mol. The van der Waals surface area contributed by atoms with Crippen LogP contribution in [0.3, 0.4) is 0 Å². The molecule has 0 fully saturated rings. The minimum atomic E-state index is -0.0116. The molecule has 50 valence electrons. The van der Waals surface area contributed by atoms with Crippen LogP contribution in [-0.4, -0.2) is 0 Å². The highest BCUT2D eigenvalue weighted by atomic mass is 32.1. The van der Waals surface area contributed by atoms with E-state index < -0.39 is 0 Å². The highest BCUT2D eigenvalue weighted by molar-refractivity contribution is 7.10. The molecule has 9 heavy (non-hydrogen) atoms. The lowest BCUT2D eigenvalue weighted by Gasteiger charge is -1.87. The molecular formula is C7H9FS. The Balaban J connectivity index is 3.04. The van der Waals surface area contributed by atoms with Gasteiger partial charge in [-0.1, -0.05) is 6.92 Å². The minimum absolute atomic E-state index is 0.0116. The molecule has 0 spiro atoms. The van der Waals surface area contributed by atoms with E-state index in [4.69, 9.17) is 0 Å². The SMILES string of the molecule is CCc1scc(C)c1F. The molecule has 1 heterocycles. The standard InChI is InChI=1S/C7H9FS/c1-3-6-7(8)5(2)4-9-6/h4H,3H2,1-2H3. The van der Waals surface area contributed by atoms with Crippen molar-refractivity contribution >= 4 is 11.3 Å². The van der Waals surface area contributed by atoms with Crippen LogP contribution in [0.5, 0.6) is 0 Å². The van der Waals surface area contributed by atoms with Crippen molar-refractivity contribution in [1.29, 1.82) is 0 Å². The van der Waals surface area contributed by atoms with E-state index in [1.165, 1.54) is 11.3 Å². The Labute approximate surface area is 58.3 Å². The molecule has 0 bridgehead atoms. The third-order valence-corrected chi connectivity index (χ3v) is 2.51. The lowest BCUT2D eigenvalue weighted by Crippen LogP contribution is -1.78. The van der Waals surface area contributed by atoms with Crippen LogP contribution in [0.15, 0.2) is 5.38 Å². The van der Waals surface area contributed by atoms with Crippen LogP contribution in [0, 0.1) is 12.7 Å². The second kappa shape index (κ2) is 2.48. The van der Waals surface area contributed by atoms with Gasteiger partial charge >= 0.3 is 0 Å². The molecule has 0 unspecified atom stereocenters. The van der Waals surface area contributed by atoms with Crippen molar-refractivity contribution in [2.24, 2.45) is 0 Å². The largest absolute Gasteiger partial charge is 0.205 e. The Morgan fingerprint density at radius 1 is 1.67 bits per heavy atom. The zero-order valence-corrected chi connectivity index (χ0v) is 6.39. The van der Waals surface area contributed by atoms with Crippen LogP contribution in [0.2, 0.25) is 0 Å². The number of aryl methyl sites for hydroxylation is 2. The monoisotopic (exact) mass is 144 g/mol. The van der Waals surface area contributed by atoms with Gasteiger partial charge in [-0.05, 0) is 24.3 Å². The Morgan fingerprint density at radius 3 is 2.56 bits per heavy atom. The first-order valence-electron chi connectivity index (χ1n) is 2.98.